The summed E-state index contributed by atoms with van der Waals surface area (Å²) in [4.78, 5) is 19.7. The Balaban J connectivity index is 1.50. The SMILES string of the molecule is CN(C)c1ccc(C(CNC(=O)c2cc(Br)ccc2Cl)N2CCN(c3ccc(F)cc3)CC2)cc1. The monoisotopic (exact) mass is 558 g/mol. The van der Waals surface area contributed by atoms with Crippen molar-refractivity contribution in [3.8, 4) is 0 Å². The summed E-state index contributed by atoms with van der Waals surface area (Å²) < 4.78 is 14.1. The highest BCUT2D eigenvalue weighted by molar-refractivity contribution is 9.10. The van der Waals surface area contributed by atoms with E-state index in [1.54, 1.807) is 12.1 Å². The van der Waals surface area contributed by atoms with Crippen molar-refractivity contribution in [2.45, 2.75) is 6.04 Å². The smallest absolute Gasteiger partial charge is 0.252 e. The third-order valence-corrected chi connectivity index (χ3v) is 7.19. The number of piperazine rings is 1. The van der Waals surface area contributed by atoms with Gasteiger partial charge >= 0.3 is 0 Å². The van der Waals surface area contributed by atoms with E-state index in [1.165, 1.54) is 12.1 Å². The van der Waals surface area contributed by atoms with E-state index in [2.05, 4.69) is 60.2 Å². The number of hydrogen-bond acceptors (Lipinski definition) is 4. The third kappa shape index (κ3) is 6.34. The van der Waals surface area contributed by atoms with Gasteiger partial charge in [0.1, 0.15) is 5.82 Å². The summed E-state index contributed by atoms with van der Waals surface area (Å²) in [6, 6.07) is 20.4. The molecule has 0 bridgehead atoms. The van der Waals surface area contributed by atoms with Crippen LogP contribution in [0, 0.1) is 5.82 Å². The number of carbonyl (C=O) groups is 1. The number of nitrogens with one attached hydrogen (secondary N) is 1. The van der Waals surface area contributed by atoms with Crippen molar-refractivity contribution in [1.29, 1.82) is 0 Å². The van der Waals surface area contributed by atoms with E-state index in [1.807, 2.05) is 32.3 Å². The largest absolute Gasteiger partial charge is 0.378 e. The first-order valence-electron chi connectivity index (χ1n) is 11.6. The minimum atomic E-state index is -0.227. The second-order valence-corrected chi connectivity index (χ2v) is 10.2. The van der Waals surface area contributed by atoms with Gasteiger partial charge in [0.2, 0.25) is 0 Å². The molecule has 3 aromatic rings. The summed E-state index contributed by atoms with van der Waals surface area (Å²) >= 11 is 9.69. The van der Waals surface area contributed by atoms with Gasteiger partial charge in [0, 0.05) is 62.7 Å². The maximum Gasteiger partial charge on any atom is 0.252 e. The molecule has 1 heterocycles. The van der Waals surface area contributed by atoms with E-state index in [0.717, 1.165) is 47.6 Å². The van der Waals surface area contributed by atoms with Gasteiger partial charge in [0.25, 0.3) is 5.91 Å². The Bertz CT molecular complexity index is 1150. The first-order chi connectivity index (χ1) is 16.8. The molecule has 1 aliphatic rings. The fourth-order valence-electron chi connectivity index (χ4n) is 4.35. The number of carbonyl (C=O) groups excluding carboxylic acids is 1. The fraction of sp³-hybridized carbons (Fsp3) is 0.296. The molecule has 0 spiro atoms. The molecule has 1 N–H and O–H groups in total. The van der Waals surface area contributed by atoms with E-state index in [0.29, 0.717) is 17.1 Å². The number of nitrogens with zero attached hydrogens (tertiary/aromatic N) is 3. The Morgan fingerprint density at radius 2 is 1.69 bits per heavy atom. The van der Waals surface area contributed by atoms with Crippen molar-refractivity contribution in [2.75, 3.05) is 56.6 Å². The number of benzene rings is 3. The molecular weight excluding hydrogens is 531 g/mol. The van der Waals surface area contributed by atoms with Crippen LogP contribution >= 0.6 is 27.5 Å². The first-order valence-corrected chi connectivity index (χ1v) is 12.7. The lowest BCUT2D eigenvalue weighted by Crippen LogP contribution is -2.50. The van der Waals surface area contributed by atoms with Gasteiger partial charge in [-0.25, -0.2) is 4.39 Å². The van der Waals surface area contributed by atoms with Crippen LogP contribution in [0.1, 0.15) is 22.0 Å². The Morgan fingerprint density at radius 1 is 1.03 bits per heavy atom. The molecule has 0 aromatic heterocycles. The zero-order valence-corrected chi connectivity index (χ0v) is 22.2. The zero-order valence-electron chi connectivity index (χ0n) is 19.8. The van der Waals surface area contributed by atoms with E-state index >= 15 is 0 Å². The molecule has 35 heavy (non-hydrogen) atoms. The lowest BCUT2D eigenvalue weighted by Gasteiger charge is -2.40. The molecule has 4 rings (SSSR count). The van der Waals surface area contributed by atoms with Gasteiger partial charge in [-0.2, -0.15) is 0 Å². The molecule has 1 aliphatic heterocycles. The molecule has 8 heteroatoms. The highest BCUT2D eigenvalue weighted by Crippen LogP contribution is 2.27. The Morgan fingerprint density at radius 3 is 2.31 bits per heavy atom. The van der Waals surface area contributed by atoms with Crippen LogP contribution in [0.3, 0.4) is 0 Å². The lowest BCUT2D eigenvalue weighted by atomic mass is 10.0. The lowest BCUT2D eigenvalue weighted by molar-refractivity contribution is 0.0930. The topological polar surface area (TPSA) is 38.8 Å². The summed E-state index contributed by atoms with van der Waals surface area (Å²) in [5, 5.41) is 3.52. The van der Waals surface area contributed by atoms with Gasteiger partial charge in [-0.1, -0.05) is 39.7 Å². The molecule has 1 unspecified atom stereocenters. The van der Waals surface area contributed by atoms with Gasteiger partial charge in [0.05, 0.1) is 16.6 Å². The average Bonchev–Trinajstić information content (AvgIpc) is 2.86. The highest BCUT2D eigenvalue weighted by atomic mass is 79.9. The van der Waals surface area contributed by atoms with Crippen molar-refractivity contribution < 1.29 is 9.18 Å². The molecule has 5 nitrogen and oxygen atoms in total. The predicted octanol–water partition coefficient (Wildman–Crippen LogP) is 5.60. The van der Waals surface area contributed by atoms with Crippen molar-refractivity contribution in [2.24, 2.45) is 0 Å². The number of halogens is 3. The van der Waals surface area contributed by atoms with Crippen LogP contribution in [0.2, 0.25) is 5.02 Å². The average molecular weight is 560 g/mol. The summed E-state index contributed by atoms with van der Waals surface area (Å²) in [5.74, 6) is -0.425. The van der Waals surface area contributed by atoms with Crippen molar-refractivity contribution >= 4 is 44.8 Å². The third-order valence-electron chi connectivity index (χ3n) is 6.37. The molecule has 0 aliphatic carbocycles. The summed E-state index contributed by atoms with van der Waals surface area (Å²) in [6.45, 7) is 3.75. The van der Waals surface area contributed by atoms with Crippen LogP contribution in [-0.2, 0) is 0 Å². The van der Waals surface area contributed by atoms with E-state index < -0.39 is 0 Å². The molecule has 0 radical (unpaired) electrons. The molecule has 1 amide bonds. The summed E-state index contributed by atoms with van der Waals surface area (Å²) in [7, 11) is 4.03. The Kier molecular flexibility index (Phi) is 8.31. The van der Waals surface area contributed by atoms with Gasteiger partial charge in [0.15, 0.2) is 0 Å². The van der Waals surface area contributed by atoms with Crippen LogP contribution in [0.15, 0.2) is 71.2 Å². The van der Waals surface area contributed by atoms with Gasteiger partial charge in [-0.3, -0.25) is 9.69 Å². The predicted molar refractivity (Wildman–Crippen MR) is 145 cm³/mol. The Hall–Kier alpha value is -2.61. The second kappa shape index (κ2) is 11.4. The van der Waals surface area contributed by atoms with Gasteiger partial charge < -0.3 is 15.1 Å². The molecular formula is C27H29BrClFN4O. The fourth-order valence-corrected chi connectivity index (χ4v) is 4.92. The van der Waals surface area contributed by atoms with Crippen molar-refractivity contribution in [3.05, 3.63) is 93.2 Å². The van der Waals surface area contributed by atoms with Crippen LogP contribution in [0.4, 0.5) is 15.8 Å². The van der Waals surface area contributed by atoms with E-state index in [4.69, 9.17) is 11.6 Å². The van der Waals surface area contributed by atoms with Gasteiger partial charge in [-0.05, 0) is 60.2 Å². The molecule has 1 saturated heterocycles. The maximum absolute atomic E-state index is 13.3. The molecule has 184 valence electrons. The van der Waals surface area contributed by atoms with Crippen molar-refractivity contribution in [1.82, 2.24) is 10.2 Å². The minimum absolute atomic E-state index is 0.0106. The maximum atomic E-state index is 13.3. The quantitative estimate of drug-likeness (QED) is 0.409. The summed E-state index contributed by atoms with van der Waals surface area (Å²) in [5.41, 5.74) is 3.74. The van der Waals surface area contributed by atoms with Crippen LogP contribution in [0.5, 0.6) is 0 Å². The van der Waals surface area contributed by atoms with Crippen LogP contribution in [-0.4, -0.2) is 57.6 Å². The van der Waals surface area contributed by atoms with Gasteiger partial charge in [-0.15, -0.1) is 0 Å². The van der Waals surface area contributed by atoms with Crippen LogP contribution in [0.25, 0.3) is 0 Å². The molecule has 0 saturated carbocycles. The summed E-state index contributed by atoms with van der Waals surface area (Å²) in [6.07, 6.45) is 0. The number of hydrogen-bond donors (Lipinski definition) is 1. The number of anilines is 2. The van der Waals surface area contributed by atoms with E-state index in [9.17, 15) is 9.18 Å². The second-order valence-electron chi connectivity index (χ2n) is 8.84. The normalized spacial score (nSPS) is 15.1. The zero-order chi connectivity index (χ0) is 24.9. The molecule has 1 fully saturated rings. The van der Waals surface area contributed by atoms with Crippen molar-refractivity contribution in [3.63, 3.8) is 0 Å². The minimum Gasteiger partial charge on any atom is -0.378 e. The van der Waals surface area contributed by atoms with E-state index in [-0.39, 0.29) is 17.8 Å². The molecule has 3 aromatic carbocycles. The van der Waals surface area contributed by atoms with Crippen LogP contribution < -0.4 is 15.1 Å². The Labute approximate surface area is 219 Å². The number of rotatable bonds is 7. The highest BCUT2D eigenvalue weighted by Gasteiger charge is 2.26. The standard InChI is InChI=1S/C27H29BrClFN4O/c1-32(2)22-8-3-19(4-9-22)26(18-31-27(35)24-17-20(28)5-12-25(24)29)34-15-13-33(14-16-34)23-10-6-21(30)7-11-23/h3-12,17,26H,13-16,18H2,1-2H3,(H,31,35). The molecule has 1 atom stereocenters. The first kappa shape index (κ1) is 25.5. The number of amides is 1.